The molecule has 2 heteroatoms. The lowest BCUT2D eigenvalue weighted by molar-refractivity contribution is 0.449. The second-order valence-electron chi connectivity index (χ2n) is 4.16. The Kier molecular flexibility index (Phi) is 6.58. The first-order chi connectivity index (χ1) is 7.80. The summed E-state index contributed by atoms with van der Waals surface area (Å²) in [6.07, 6.45) is 4.66. The number of hydrogen-bond donors (Lipinski definition) is 1. The highest BCUT2D eigenvalue weighted by molar-refractivity contribution is 7.98. The summed E-state index contributed by atoms with van der Waals surface area (Å²) in [5.74, 6) is 0.825. The zero-order chi connectivity index (χ0) is 11.8. The summed E-state index contributed by atoms with van der Waals surface area (Å²) in [5, 5.41) is 3.53. The first kappa shape index (κ1) is 13.6. The van der Waals surface area contributed by atoms with Gasteiger partial charge in [0.05, 0.1) is 0 Å². The molecule has 0 radical (unpaired) electrons. The molecule has 0 fully saturated rings. The number of nitrogens with one attached hydrogen (secondary N) is 1. The van der Waals surface area contributed by atoms with Crippen LogP contribution in [0.4, 0.5) is 0 Å². The van der Waals surface area contributed by atoms with E-state index in [1.807, 2.05) is 0 Å². The van der Waals surface area contributed by atoms with Crippen LogP contribution in [0.3, 0.4) is 0 Å². The molecule has 0 atom stereocenters. The van der Waals surface area contributed by atoms with Gasteiger partial charge in [-0.2, -0.15) is 0 Å². The first-order valence-electron chi connectivity index (χ1n) is 6.13. The minimum Gasteiger partial charge on any atom is -0.312 e. The Morgan fingerprint density at radius 1 is 1.12 bits per heavy atom. The van der Waals surface area contributed by atoms with Crippen LogP contribution in [0, 0.1) is 5.92 Å². The van der Waals surface area contributed by atoms with Crippen molar-refractivity contribution in [2.24, 2.45) is 5.92 Å². The van der Waals surface area contributed by atoms with Crippen LogP contribution in [0.25, 0.3) is 0 Å². The lowest BCUT2D eigenvalue weighted by Gasteiger charge is -2.13. The van der Waals surface area contributed by atoms with E-state index in [1.165, 1.54) is 23.3 Å². The van der Waals surface area contributed by atoms with Gasteiger partial charge in [-0.15, -0.1) is 11.8 Å². The second-order valence-corrected chi connectivity index (χ2v) is 5.04. The fourth-order valence-corrected chi connectivity index (χ4v) is 2.15. The maximum Gasteiger partial charge on any atom is 0.0205 e. The third-order valence-electron chi connectivity index (χ3n) is 3.08. The molecule has 1 rings (SSSR count). The number of benzene rings is 1. The van der Waals surface area contributed by atoms with Gasteiger partial charge in [0.2, 0.25) is 0 Å². The van der Waals surface area contributed by atoms with Crippen LogP contribution in [0.5, 0.6) is 0 Å². The van der Waals surface area contributed by atoms with Gasteiger partial charge < -0.3 is 5.32 Å². The lowest BCUT2D eigenvalue weighted by atomic mass is 10.0. The topological polar surface area (TPSA) is 12.0 Å². The highest BCUT2D eigenvalue weighted by Gasteiger charge is 2.02. The number of hydrogen-bond acceptors (Lipinski definition) is 2. The van der Waals surface area contributed by atoms with Crippen LogP contribution in [-0.4, -0.2) is 12.8 Å². The Morgan fingerprint density at radius 3 is 2.25 bits per heavy atom. The smallest absolute Gasteiger partial charge is 0.0205 e. The molecule has 0 aliphatic carbocycles. The monoisotopic (exact) mass is 237 g/mol. The quantitative estimate of drug-likeness (QED) is 0.721. The molecule has 0 saturated carbocycles. The SMILES string of the molecule is CCC(CC)CNCc1ccc(SC)cc1. The van der Waals surface area contributed by atoms with Crippen molar-refractivity contribution in [3.05, 3.63) is 29.8 Å². The van der Waals surface area contributed by atoms with Gasteiger partial charge in [0.25, 0.3) is 0 Å². The van der Waals surface area contributed by atoms with Crippen LogP contribution in [0.1, 0.15) is 32.3 Å². The van der Waals surface area contributed by atoms with E-state index >= 15 is 0 Å². The molecular weight excluding hydrogens is 214 g/mol. The minimum atomic E-state index is 0.825. The van der Waals surface area contributed by atoms with E-state index in [9.17, 15) is 0 Å². The van der Waals surface area contributed by atoms with Gasteiger partial charge in [0.1, 0.15) is 0 Å². The fourth-order valence-electron chi connectivity index (χ4n) is 1.74. The van der Waals surface area contributed by atoms with Crippen molar-refractivity contribution < 1.29 is 0 Å². The summed E-state index contributed by atoms with van der Waals surface area (Å²) in [7, 11) is 0. The van der Waals surface area contributed by atoms with Crippen molar-refractivity contribution in [2.75, 3.05) is 12.8 Å². The summed E-state index contributed by atoms with van der Waals surface area (Å²) < 4.78 is 0. The molecule has 1 nitrogen and oxygen atoms in total. The van der Waals surface area contributed by atoms with E-state index < -0.39 is 0 Å². The third kappa shape index (κ3) is 4.58. The average Bonchev–Trinajstić information content (AvgIpc) is 2.35. The Balaban J connectivity index is 2.31. The van der Waals surface area contributed by atoms with E-state index in [0.29, 0.717) is 0 Å². The maximum absolute atomic E-state index is 3.53. The number of thioether (sulfide) groups is 1. The van der Waals surface area contributed by atoms with Gasteiger partial charge in [-0.3, -0.25) is 0 Å². The predicted molar refractivity (Wildman–Crippen MR) is 74.0 cm³/mol. The molecule has 0 aromatic heterocycles. The predicted octanol–water partition coefficient (Wildman–Crippen LogP) is 3.93. The Morgan fingerprint density at radius 2 is 1.75 bits per heavy atom. The molecule has 16 heavy (non-hydrogen) atoms. The molecule has 0 unspecified atom stereocenters. The summed E-state index contributed by atoms with van der Waals surface area (Å²) in [6.45, 7) is 6.66. The Labute approximate surface area is 104 Å². The molecule has 0 saturated heterocycles. The van der Waals surface area contributed by atoms with Crippen LogP contribution < -0.4 is 5.32 Å². The van der Waals surface area contributed by atoms with Crippen molar-refractivity contribution in [1.29, 1.82) is 0 Å². The molecule has 0 aliphatic heterocycles. The normalized spacial score (nSPS) is 11.0. The molecule has 0 spiro atoms. The molecule has 1 N–H and O–H groups in total. The molecule has 0 amide bonds. The summed E-state index contributed by atoms with van der Waals surface area (Å²) in [5.41, 5.74) is 1.38. The summed E-state index contributed by atoms with van der Waals surface area (Å²) in [6, 6.07) is 8.81. The van der Waals surface area contributed by atoms with E-state index in [-0.39, 0.29) is 0 Å². The third-order valence-corrected chi connectivity index (χ3v) is 3.82. The van der Waals surface area contributed by atoms with E-state index in [1.54, 1.807) is 11.8 Å². The summed E-state index contributed by atoms with van der Waals surface area (Å²) >= 11 is 1.79. The van der Waals surface area contributed by atoms with E-state index in [4.69, 9.17) is 0 Å². The average molecular weight is 237 g/mol. The van der Waals surface area contributed by atoms with Gasteiger partial charge in [-0.05, 0) is 36.4 Å². The first-order valence-corrected chi connectivity index (χ1v) is 7.36. The molecule has 0 aliphatic rings. The van der Waals surface area contributed by atoms with Gasteiger partial charge in [0, 0.05) is 11.4 Å². The molecule has 1 aromatic rings. The van der Waals surface area contributed by atoms with Crippen molar-refractivity contribution in [2.45, 2.75) is 38.1 Å². The van der Waals surface area contributed by atoms with Crippen molar-refractivity contribution in [3.8, 4) is 0 Å². The highest BCUT2D eigenvalue weighted by atomic mass is 32.2. The molecule has 0 bridgehead atoms. The lowest BCUT2D eigenvalue weighted by Crippen LogP contribution is -2.21. The largest absolute Gasteiger partial charge is 0.312 e. The zero-order valence-corrected chi connectivity index (χ0v) is 11.4. The molecule has 0 heterocycles. The van der Waals surface area contributed by atoms with Crippen molar-refractivity contribution in [1.82, 2.24) is 5.32 Å². The van der Waals surface area contributed by atoms with Gasteiger partial charge >= 0.3 is 0 Å². The molecule has 90 valence electrons. The van der Waals surface area contributed by atoms with Crippen LogP contribution >= 0.6 is 11.8 Å². The van der Waals surface area contributed by atoms with E-state index in [0.717, 1.165) is 19.0 Å². The zero-order valence-electron chi connectivity index (χ0n) is 10.6. The second kappa shape index (κ2) is 7.75. The van der Waals surface area contributed by atoms with Gasteiger partial charge in [-0.25, -0.2) is 0 Å². The standard InChI is InChI=1S/C14H23NS/c1-4-12(5-2)10-15-11-13-6-8-14(16-3)9-7-13/h6-9,12,15H,4-5,10-11H2,1-3H3. The highest BCUT2D eigenvalue weighted by Crippen LogP contribution is 2.14. The van der Waals surface area contributed by atoms with Gasteiger partial charge in [0.15, 0.2) is 0 Å². The minimum absolute atomic E-state index is 0.825. The van der Waals surface area contributed by atoms with Gasteiger partial charge in [-0.1, -0.05) is 38.8 Å². The molecule has 1 aromatic carbocycles. The van der Waals surface area contributed by atoms with Crippen LogP contribution in [0.2, 0.25) is 0 Å². The summed E-state index contributed by atoms with van der Waals surface area (Å²) in [4.78, 5) is 1.34. The fraction of sp³-hybridized carbons (Fsp3) is 0.571. The maximum atomic E-state index is 3.53. The van der Waals surface area contributed by atoms with Crippen molar-refractivity contribution in [3.63, 3.8) is 0 Å². The Bertz CT molecular complexity index is 277. The Hall–Kier alpha value is -0.470. The van der Waals surface area contributed by atoms with Crippen LogP contribution in [0.15, 0.2) is 29.2 Å². The van der Waals surface area contributed by atoms with E-state index in [2.05, 4.69) is 49.7 Å². The number of rotatable bonds is 7. The molecular formula is C14H23NS. The van der Waals surface area contributed by atoms with Crippen molar-refractivity contribution >= 4 is 11.8 Å². The van der Waals surface area contributed by atoms with Crippen LogP contribution in [-0.2, 0) is 6.54 Å².